The van der Waals surface area contributed by atoms with Gasteiger partial charge in [-0.15, -0.1) is 0 Å². The number of hydrogen-bond donors (Lipinski definition) is 0. The summed E-state index contributed by atoms with van der Waals surface area (Å²) in [6.45, 7) is 2.31. The maximum Gasteiger partial charge on any atom is 0.305 e. The molecule has 0 amide bonds. The molecule has 4 nitrogen and oxygen atoms in total. The second-order valence-electron chi connectivity index (χ2n) is 3.15. The van der Waals surface area contributed by atoms with Crippen LogP contribution >= 0.6 is 23.8 Å². The number of nitrogens with zero attached hydrogens (tertiary/aromatic N) is 2. The molecule has 0 saturated heterocycles. The van der Waals surface area contributed by atoms with Gasteiger partial charge in [0.15, 0.2) is 0 Å². The van der Waals surface area contributed by atoms with Crippen LogP contribution in [0.4, 0.5) is 0 Å². The van der Waals surface area contributed by atoms with Crippen LogP contribution in [0, 0.1) is 0 Å². The van der Waals surface area contributed by atoms with E-state index < -0.39 is 0 Å². The van der Waals surface area contributed by atoms with Crippen LogP contribution in [0.3, 0.4) is 0 Å². The molecule has 0 N–H and O–H groups in total. The first kappa shape index (κ1) is 12.0. The molecule has 0 aliphatic rings. The number of benzene rings is 1. The zero-order valence-electron chi connectivity index (χ0n) is 9.01. The smallest absolute Gasteiger partial charge is 0.305 e. The summed E-state index contributed by atoms with van der Waals surface area (Å²) in [5.41, 5.74) is 0.809. The number of halogens is 1. The van der Waals surface area contributed by atoms with Crippen LogP contribution in [-0.4, -0.2) is 21.8 Å². The zero-order chi connectivity index (χ0) is 12.3. The summed E-state index contributed by atoms with van der Waals surface area (Å²) in [6, 6.07) is 7.13. The molecule has 6 heteroatoms. The van der Waals surface area contributed by atoms with E-state index in [4.69, 9.17) is 33.1 Å². The summed E-state index contributed by atoms with van der Waals surface area (Å²) in [5.74, 6) is 0.672. The topological polar surface area (TPSA) is 48.2 Å². The summed E-state index contributed by atoms with van der Waals surface area (Å²) in [6.07, 6.45) is 0. The highest BCUT2D eigenvalue weighted by molar-refractivity contribution is 7.80. The van der Waals surface area contributed by atoms with Gasteiger partial charge in [-0.2, -0.15) is 4.98 Å². The SMILES string of the molecule is CCOC(=S)c1nc(-c2ccc(Cl)cc2)no1. The predicted octanol–water partition coefficient (Wildman–Crippen LogP) is 3.10. The largest absolute Gasteiger partial charge is 0.480 e. The lowest BCUT2D eigenvalue weighted by atomic mass is 10.2. The average molecular weight is 269 g/mol. The third-order valence-electron chi connectivity index (χ3n) is 1.98. The monoisotopic (exact) mass is 268 g/mol. The molecule has 1 aromatic carbocycles. The molecule has 0 radical (unpaired) electrons. The molecule has 0 bridgehead atoms. The van der Waals surface area contributed by atoms with E-state index in [1.54, 1.807) is 24.3 Å². The molecule has 0 spiro atoms. The van der Waals surface area contributed by atoms with E-state index in [1.807, 2.05) is 6.92 Å². The van der Waals surface area contributed by atoms with Gasteiger partial charge in [-0.3, -0.25) is 0 Å². The second kappa shape index (κ2) is 5.25. The minimum absolute atomic E-state index is 0.209. The summed E-state index contributed by atoms with van der Waals surface area (Å²) in [4.78, 5) is 4.14. The van der Waals surface area contributed by atoms with Crippen molar-refractivity contribution < 1.29 is 9.26 Å². The number of ether oxygens (including phenoxy) is 1. The van der Waals surface area contributed by atoms with Crippen molar-refractivity contribution in [3.8, 4) is 11.4 Å². The van der Waals surface area contributed by atoms with Crippen molar-refractivity contribution in [2.75, 3.05) is 6.61 Å². The van der Waals surface area contributed by atoms with Crippen LogP contribution in [-0.2, 0) is 4.74 Å². The predicted molar refractivity (Wildman–Crippen MR) is 68.1 cm³/mol. The summed E-state index contributed by atoms with van der Waals surface area (Å²) >= 11 is 10.8. The Balaban J connectivity index is 2.23. The van der Waals surface area contributed by atoms with Gasteiger partial charge in [-0.25, -0.2) is 0 Å². The van der Waals surface area contributed by atoms with Crippen LogP contribution in [0.15, 0.2) is 28.8 Å². The number of thiocarbonyl (C=S) groups is 1. The fraction of sp³-hybridized carbons (Fsp3) is 0.182. The first-order valence-corrected chi connectivity index (χ1v) is 5.76. The Morgan fingerprint density at radius 2 is 2.12 bits per heavy atom. The Hall–Kier alpha value is -1.46. The van der Waals surface area contributed by atoms with Crippen LogP contribution in [0.2, 0.25) is 5.02 Å². The number of hydrogen-bond acceptors (Lipinski definition) is 5. The molecule has 17 heavy (non-hydrogen) atoms. The lowest BCUT2D eigenvalue weighted by Gasteiger charge is -1.97. The standard InChI is InChI=1S/C11H9ClN2O2S/c1-2-15-11(17)10-13-9(14-16-10)7-3-5-8(12)6-4-7/h3-6H,2H2,1H3. The van der Waals surface area contributed by atoms with Gasteiger partial charge in [0.2, 0.25) is 5.82 Å². The highest BCUT2D eigenvalue weighted by Crippen LogP contribution is 2.18. The molecule has 1 heterocycles. The van der Waals surface area contributed by atoms with E-state index in [1.165, 1.54) is 0 Å². The molecule has 0 aliphatic heterocycles. The van der Waals surface area contributed by atoms with Gasteiger partial charge in [0, 0.05) is 10.6 Å². The van der Waals surface area contributed by atoms with Crippen molar-refractivity contribution >= 4 is 28.9 Å². The molecule has 1 aromatic heterocycles. The van der Waals surface area contributed by atoms with Crippen molar-refractivity contribution in [2.24, 2.45) is 0 Å². The van der Waals surface area contributed by atoms with Crippen LogP contribution in [0.1, 0.15) is 12.8 Å². The third kappa shape index (κ3) is 2.81. The number of rotatable bonds is 3. The normalized spacial score (nSPS) is 10.2. The Kier molecular flexibility index (Phi) is 3.71. The van der Waals surface area contributed by atoms with Crippen molar-refractivity contribution in [3.63, 3.8) is 0 Å². The maximum atomic E-state index is 5.79. The molecule has 0 unspecified atom stereocenters. The average Bonchev–Trinajstić information content (AvgIpc) is 2.80. The summed E-state index contributed by atoms with van der Waals surface area (Å²) in [7, 11) is 0. The number of aromatic nitrogens is 2. The van der Waals surface area contributed by atoms with Crippen LogP contribution < -0.4 is 0 Å². The van der Waals surface area contributed by atoms with E-state index in [0.717, 1.165) is 5.56 Å². The molecular formula is C11H9ClN2O2S. The van der Waals surface area contributed by atoms with Crippen molar-refractivity contribution in [1.82, 2.24) is 10.1 Å². The van der Waals surface area contributed by atoms with E-state index in [9.17, 15) is 0 Å². The minimum Gasteiger partial charge on any atom is -0.480 e. The van der Waals surface area contributed by atoms with Gasteiger partial charge in [-0.05, 0) is 43.4 Å². The summed E-state index contributed by atoms with van der Waals surface area (Å²) < 4.78 is 10.1. The van der Waals surface area contributed by atoms with Crippen molar-refractivity contribution in [1.29, 1.82) is 0 Å². The Labute approximate surface area is 109 Å². The lowest BCUT2D eigenvalue weighted by Crippen LogP contribution is -2.03. The van der Waals surface area contributed by atoms with Crippen LogP contribution in [0.25, 0.3) is 11.4 Å². The Morgan fingerprint density at radius 1 is 1.41 bits per heavy atom. The first-order chi connectivity index (χ1) is 8.20. The third-order valence-corrected chi connectivity index (χ3v) is 2.52. The van der Waals surface area contributed by atoms with Crippen molar-refractivity contribution in [3.05, 3.63) is 35.2 Å². The van der Waals surface area contributed by atoms with Gasteiger partial charge >= 0.3 is 5.89 Å². The van der Waals surface area contributed by atoms with Gasteiger partial charge in [0.25, 0.3) is 5.05 Å². The minimum atomic E-state index is 0.209. The Bertz CT molecular complexity index is 525. The van der Waals surface area contributed by atoms with Gasteiger partial charge in [-0.1, -0.05) is 16.8 Å². The highest BCUT2D eigenvalue weighted by Gasteiger charge is 2.13. The fourth-order valence-corrected chi connectivity index (χ4v) is 1.54. The van der Waals surface area contributed by atoms with Crippen LogP contribution in [0.5, 0.6) is 0 Å². The second-order valence-corrected chi connectivity index (χ2v) is 3.96. The van der Waals surface area contributed by atoms with Gasteiger partial charge in [0.05, 0.1) is 6.61 Å². The highest BCUT2D eigenvalue weighted by atomic mass is 35.5. The Morgan fingerprint density at radius 3 is 2.76 bits per heavy atom. The molecule has 0 saturated carbocycles. The van der Waals surface area contributed by atoms with E-state index in [2.05, 4.69) is 10.1 Å². The summed E-state index contributed by atoms with van der Waals surface area (Å²) in [5, 5.41) is 4.69. The molecule has 0 atom stereocenters. The fourth-order valence-electron chi connectivity index (χ4n) is 1.22. The maximum absolute atomic E-state index is 5.79. The molecule has 88 valence electrons. The molecule has 0 aliphatic carbocycles. The van der Waals surface area contributed by atoms with Gasteiger partial charge in [0.1, 0.15) is 0 Å². The lowest BCUT2D eigenvalue weighted by molar-refractivity contribution is 0.315. The molecule has 0 fully saturated rings. The first-order valence-electron chi connectivity index (χ1n) is 4.97. The molecular weight excluding hydrogens is 260 g/mol. The van der Waals surface area contributed by atoms with E-state index in [0.29, 0.717) is 17.5 Å². The van der Waals surface area contributed by atoms with E-state index >= 15 is 0 Å². The van der Waals surface area contributed by atoms with Gasteiger partial charge < -0.3 is 9.26 Å². The van der Waals surface area contributed by atoms with Crippen molar-refractivity contribution in [2.45, 2.75) is 6.92 Å². The van der Waals surface area contributed by atoms with E-state index in [-0.39, 0.29) is 10.9 Å². The quantitative estimate of drug-likeness (QED) is 0.801. The molecule has 2 aromatic rings. The zero-order valence-corrected chi connectivity index (χ0v) is 10.6. The molecule has 2 rings (SSSR count).